The first-order valence-corrected chi connectivity index (χ1v) is 12.4. The van der Waals surface area contributed by atoms with E-state index in [2.05, 4.69) is 10.3 Å². The van der Waals surface area contributed by atoms with Crippen LogP contribution in [0.5, 0.6) is 11.5 Å². The minimum Gasteiger partial charge on any atom is -0.497 e. The van der Waals surface area contributed by atoms with E-state index < -0.39 is 11.9 Å². The van der Waals surface area contributed by atoms with E-state index in [0.29, 0.717) is 39.3 Å². The van der Waals surface area contributed by atoms with Crippen molar-refractivity contribution in [2.24, 2.45) is 4.99 Å². The second kappa shape index (κ2) is 12.1. The third kappa shape index (κ3) is 6.22. The lowest BCUT2D eigenvalue weighted by Gasteiger charge is -2.16. The van der Waals surface area contributed by atoms with Gasteiger partial charge >= 0.3 is 5.97 Å². The molecule has 38 heavy (non-hydrogen) atoms. The Bertz CT molecular complexity index is 1380. The molecule has 3 aromatic carbocycles. The van der Waals surface area contributed by atoms with Crippen LogP contribution in [0.1, 0.15) is 17.3 Å². The molecule has 9 nitrogen and oxygen atoms in total. The van der Waals surface area contributed by atoms with Crippen molar-refractivity contribution < 1.29 is 28.6 Å². The average molecular weight is 532 g/mol. The fourth-order valence-electron chi connectivity index (χ4n) is 3.48. The van der Waals surface area contributed by atoms with Gasteiger partial charge in [0, 0.05) is 11.8 Å². The zero-order valence-corrected chi connectivity index (χ0v) is 21.8. The average Bonchev–Trinajstić information content (AvgIpc) is 3.23. The molecule has 0 spiro atoms. The van der Waals surface area contributed by atoms with Crippen LogP contribution in [0.25, 0.3) is 0 Å². The Balaban J connectivity index is 1.58. The van der Waals surface area contributed by atoms with Crippen LogP contribution in [-0.4, -0.2) is 43.8 Å². The van der Waals surface area contributed by atoms with Crippen molar-refractivity contribution in [3.05, 3.63) is 89.3 Å². The number of carbonyl (C=O) groups excluding carboxylic acids is 3. The normalized spacial score (nSPS) is 15.0. The standard InChI is InChI=1S/C28H25N3O6S/c1-4-37-27(34)18-5-7-19(8-6-18)29-25(32)17-24-26(33)31(21-11-15-23(36-3)16-12-21)28(38-24)30-20-9-13-22(35-2)14-10-20/h5-17H,4H2,1-3H3,(H,29,32)/b24-17-,30-28?. The molecule has 1 aliphatic rings. The topological polar surface area (TPSA) is 107 Å². The molecule has 0 aliphatic carbocycles. The van der Waals surface area contributed by atoms with Crippen LogP contribution in [0.2, 0.25) is 0 Å². The number of methoxy groups -OCH3 is 2. The molecule has 0 aromatic heterocycles. The zero-order chi connectivity index (χ0) is 27.1. The van der Waals surface area contributed by atoms with E-state index in [1.807, 2.05) is 0 Å². The highest BCUT2D eigenvalue weighted by Crippen LogP contribution is 2.37. The number of nitrogens with one attached hydrogen (secondary N) is 1. The first-order valence-electron chi connectivity index (χ1n) is 11.6. The summed E-state index contributed by atoms with van der Waals surface area (Å²) in [5.41, 5.74) is 2.04. The van der Waals surface area contributed by atoms with Crippen molar-refractivity contribution >= 4 is 51.8 Å². The summed E-state index contributed by atoms with van der Waals surface area (Å²) in [6.45, 7) is 2.00. The Labute approximate surface area is 224 Å². The molecule has 2 amide bonds. The Morgan fingerprint density at radius 2 is 1.53 bits per heavy atom. The van der Waals surface area contributed by atoms with Crippen molar-refractivity contribution in [2.75, 3.05) is 31.0 Å². The monoisotopic (exact) mass is 531 g/mol. The number of esters is 1. The second-order valence-corrected chi connectivity index (χ2v) is 8.84. The third-order valence-electron chi connectivity index (χ3n) is 5.36. The molecule has 0 bridgehead atoms. The quantitative estimate of drug-likeness (QED) is 0.316. The Morgan fingerprint density at radius 3 is 2.11 bits per heavy atom. The number of thioether (sulfide) groups is 1. The number of hydrogen-bond donors (Lipinski definition) is 1. The predicted octanol–water partition coefficient (Wildman–Crippen LogP) is 5.17. The minimum absolute atomic E-state index is 0.203. The van der Waals surface area contributed by atoms with Gasteiger partial charge in [0.15, 0.2) is 5.17 Å². The van der Waals surface area contributed by atoms with Crippen LogP contribution in [0.4, 0.5) is 17.1 Å². The Hall–Kier alpha value is -4.57. The summed E-state index contributed by atoms with van der Waals surface area (Å²) in [6, 6.07) is 20.4. The molecule has 1 heterocycles. The highest BCUT2D eigenvalue weighted by Gasteiger charge is 2.35. The van der Waals surface area contributed by atoms with Gasteiger partial charge in [-0.2, -0.15) is 0 Å². The van der Waals surface area contributed by atoms with Gasteiger partial charge in [0.05, 0.1) is 42.7 Å². The lowest BCUT2D eigenvalue weighted by Crippen LogP contribution is -2.28. The number of amides is 2. The summed E-state index contributed by atoms with van der Waals surface area (Å²) in [5, 5.41) is 3.10. The fraction of sp³-hybridized carbons (Fsp3) is 0.143. The Kier molecular flexibility index (Phi) is 8.44. The third-order valence-corrected chi connectivity index (χ3v) is 6.33. The summed E-state index contributed by atoms with van der Waals surface area (Å²) >= 11 is 1.09. The number of amidine groups is 1. The van der Waals surface area contributed by atoms with E-state index in [-0.39, 0.29) is 17.4 Å². The molecule has 1 N–H and O–H groups in total. The molecule has 1 aliphatic heterocycles. The van der Waals surface area contributed by atoms with Gasteiger partial charge in [0.2, 0.25) is 5.91 Å². The number of rotatable bonds is 8. The van der Waals surface area contributed by atoms with Crippen LogP contribution >= 0.6 is 11.8 Å². The maximum atomic E-state index is 13.4. The van der Waals surface area contributed by atoms with Gasteiger partial charge in [-0.1, -0.05) is 0 Å². The van der Waals surface area contributed by atoms with Gasteiger partial charge < -0.3 is 19.5 Å². The number of hydrogen-bond acceptors (Lipinski definition) is 8. The lowest BCUT2D eigenvalue weighted by atomic mass is 10.2. The summed E-state index contributed by atoms with van der Waals surface area (Å²) < 4.78 is 15.4. The van der Waals surface area contributed by atoms with Crippen LogP contribution < -0.4 is 19.7 Å². The molecule has 194 valence electrons. The SMILES string of the molecule is CCOC(=O)c1ccc(NC(=O)/C=C2\SC(=Nc3ccc(OC)cc3)N(c3ccc(OC)cc3)C2=O)cc1. The van der Waals surface area contributed by atoms with Crippen LogP contribution in [0, 0.1) is 0 Å². The summed E-state index contributed by atoms with van der Waals surface area (Å²) in [6.07, 6.45) is 1.24. The summed E-state index contributed by atoms with van der Waals surface area (Å²) in [4.78, 5) is 44.3. The van der Waals surface area contributed by atoms with Crippen molar-refractivity contribution in [2.45, 2.75) is 6.92 Å². The molecule has 4 rings (SSSR count). The summed E-state index contributed by atoms with van der Waals surface area (Å²) in [5.74, 6) is 0.00237. The molecule has 0 radical (unpaired) electrons. The number of benzene rings is 3. The maximum absolute atomic E-state index is 13.4. The maximum Gasteiger partial charge on any atom is 0.338 e. The molecule has 1 fully saturated rings. The van der Waals surface area contributed by atoms with Gasteiger partial charge in [0.25, 0.3) is 5.91 Å². The van der Waals surface area contributed by atoms with Crippen LogP contribution in [-0.2, 0) is 14.3 Å². The molecule has 0 atom stereocenters. The van der Waals surface area contributed by atoms with Gasteiger partial charge in [-0.3, -0.25) is 14.5 Å². The van der Waals surface area contributed by atoms with Crippen molar-refractivity contribution in [3.8, 4) is 11.5 Å². The first kappa shape index (κ1) is 26.5. The molecule has 10 heteroatoms. The number of ether oxygens (including phenoxy) is 3. The molecular weight excluding hydrogens is 506 g/mol. The predicted molar refractivity (Wildman–Crippen MR) is 147 cm³/mol. The van der Waals surface area contributed by atoms with Crippen LogP contribution in [0.3, 0.4) is 0 Å². The van der Waals surface area contributed by atoms with E-state index in [1.165, 1.54) is 11.0 Å². The largest absolute Gasteiger partial charge is 0.497 e. The van der Waals surface area contributed by atoms with E-state index in [0.717, 1.165) is 11.8 Å². The number of carbonyl (C=O) groups is 3. The van der Waals surface area contributed by atoms with E-state index in [1.54, 1.807) is 93.9 Å². The molecule has 0 saturated carbocycles. The van der Waals surface area contributed by atoms with Crippen LogP contribution in [0.15, 0.2) is 88.8 Å². The number of anilines is 2. The summed E-state index contributed by atoms with van der Waals surface area (Å²) in [7, 11) is 3.14. The van der Waals surface area contributed by atoms with Crippen molar-refractivity contribution in [3.63, 3.8) is 0 Å². The van der Waals surface area contributed by atoms with E-state index in [9.17, 15) is 14.4 Å². The fourth-order valence-corrected chi connectivity index (χ4v) is 4.45. The van der Waals surface area contributed by atoms with Crippen molar-refractivity contribution in [1.82, 2.24) is 0 Å². The number of nitrogens with zero attached hydrogens (tertiary/aromatic N) is 2. The van der Waals surface area contributed by atoms with E-state index in [4.69, 9.17) is 14.2 Å². The molecular formula is C28H25N3O6S. The zero-order valence-electron chi connectivity index (χ0n) is 21.0. The molecule has 0 unspecified atom stereocenters. The lowest BCUT2D eigenvalue weighted by molar-refractivity contribution is -0.115. The van der Waals surface area contributed by atoms with Gasteiger partial charge in [-0.25, -0.2) is 9.79 Å². The highest BCUT2D eigenvalue weighted by molar-refractivity contribution is 8.19. The van der Waals surface area contributed by atoms with Gasteiger partial charge in [-0.15, -0.1) is 0 Å². The first-order chi connectivity index (χ1) is 18.4. The smallest absolute Gasteiger partial charge is 0.338 e. The van der Waals surface area contributed by atoms with Gasteiger partial charge in [-0.05, 0) is 91.5 Å². The minimum atomic E-state index is -0.495. The van der Waals surface area contributed by atoms with E-state index >= 15 is 0 Å². The van der Waals surface area contributed by atoms with Gasteiger partial charge in [0.1, 0.15) is 11.5 Å². The molecule has 1 saturated heterocycles. The highest BCUT2D eigenvalue weighted by atomic mass is 32.2. The second-order valence-electron chi connectivity index (χ2n) is 7.83. The molecule has 3 aromatic rings. The van der Waals surface area contributed by atoms with Crippen molar-refractivity contribution in [1.29, 1.82) is 0 Å². The number of aliphatic imine (C=N–C) groups is 1. The Morgan fingerprint density at radius 1 is 0.921 bits per heavy atom.